The molecular weight excluding hydrogens is 284 g/mol. The molecule has 1 heterocycles. The van der Waals surface area contributed by atoms with Crippen molar-refractivity contribution in [2.24, 2.45) is 0 Å². The van der Waals surface area contributed by atoms with E-state index in [9.17, 15) is 9.59 Å². The molecule has 0 saturated heterocycles. The average molecular weight is 291 g/mol. The highest BCUT2D eigenvalue weighted by Gasteiger charge is 2.38. The number of amides is 2. The number of nitrogens with zero attached hydrogens (tertiary/aromatic N) is 1. The van der Waals surface area contributed by atoms with Gasteiger partial charge in [0.1, 0.15) is 10.1 Å². The van der Waals surface area contributed by atoms with Gasteiger partial charge in [0.2, 0.25) is 0 Å². The topological polar surface area (TPSA) is 37.4 Å². The molecule has 0 radical (unpaired) electrons. The fourth-order valence-corrected chi connectivity index (χ4v) is 2.12. The average Bonchev–Trinajstić information content (AvgIpc) is 2.45. The largest absolute Gasteiger partial charge is 0.278 e. The van der Waals surface area contributed by atoms with Crippen LogP contribution < -0.4 is 4.90 Å². The van der Waals surface area contributed by atoms with E-state index in [2.05, 4.69) is 0 Å². The summed E-state index contributed by atoms with van der Waals surface area (Å²) >= 11 is 17.1. The second kappa shape index (κ2) is 4.33. The maximum atomic E-state index is 11.8. The van der Waals surface area contributed by atoms with Crippen molar-refractivity contribution in [1.29, 1.82) is 0 Å². The van der Waals surface area contributed by atoms with Crippen LogP contribution in [0, 0.1) is 6.92 Å². The van der Waals surface area contributed by atoms with Crippen LogP contribution in [-0.2, 0) is 9.59 Å². The van der Waals surface area contributed by atoms with Gasteiger partial charge in [-0.15, -0.1) is 0 Å². The zero-order valence-corrected chi connectivity index (χ0v) is 10.9. The lowest BCUT2D eigenvalue weighted by Gasteiger charge is -2.16. The van der Waals surface area contributed by atoms with Gasteiger partial charge in [0, 0.05) is 5.02 Å². The van der Waals surface area contributed by atoms with E-state index in [-0.39, 0.29) is 10.1 Å². The molecule has 0 fully saturated rings. The molecule has 1 aliphatic rings. The summed E-state index contributed by atoms with van der Waals surface area (Å²) in [5.74, 6) is -1.24. The minimum absolute atomic E-state index is 0.258. The molecule has 0 atom stereocenters. The summed E-state index contributed by atoms with van der Waals surface area (Å²) < 4.78 is 0. The molecular formula is C11H6Cl3NO2. The molecule has 0 saturated carbocycles. The third kappa shape index (κ3) is 1.95. The molecule has 1 aromatic carbocycles. The van der Waals surface area contributed by atoms with Gasteiger partial charge in [0.05, 0.1) is 5.69 Å². The number of rotatable bonds is 1. The molecule has 0 aromatic heterocycles. The smallest absolute Gasteiger partial charge is 0.267 e. The molecule has 0 unspecified atom stereocenters. The number of anilines is 1. The van der Waals surface area contributed by atoms with Gasteiger partial charge < -0.3 is 0 Å². The molecule has 0 N–H and O–H groups in total. The highest BCUT2D eigenvalue weighted by molar-refractivity contribution is 6.62. The second-order valence-corrected chi connectivity index (χ2v) is 4.70. The Bertz CT molecular complexity index is 542. The maximum absolute atomic E-state index is 11.8. The van der Waals surface area contributed by atoms with Gasteiger partial charge in [0.15, 0.2) is 0 Å². The lowest BCUT2D eigenvalue weighted by molar-refractivity contribution is -0.120. The normalized spacial score (nSPS) is 16.1. The predicted molar refractivity (Wildman–Crippen MR) is 67.4 cm³/mol. The highest BCUT2D eigenvalue weighted by atomic mass is 35.5. The molecule has 0 spiro atoms. The van der Waals surface area contributed by atoms with Gasteiger partial charge in [-0.25, -0.2) is 4.90 Å². The lowest BCUT2D eigenvalue weighted by atomic mass is 10.2. The van der Waals surface area contributed by atoms with Gasteiger partial charge in [-0.1, -0.05) is 34.8 Å². The highest BCUT2D eigenvalue weighted by Crippen LogP contribution is 2.33. The third-order valence-corrected chi connectivity index (χ3v) is 3.41. The second-order valence-electron chi connectivity index (χ2n) is 3.50. The van der Waals surface area contributed by atoms with Gasteiger partial charge in [-0.05, 0) is 30.7 Å². The monoisotopic (exact) mass is 289 g/mol. The summed E-state index contributed by atoms with van der Waals surface area (Å²) in [6.45, 7) is 1.74. The number of imide groups is 1. The summed E-state index contributed by atoms with van der Waals surface area (Å²) in [5.41, 5.74) is 1.12. The van der Waals surface area contributed by atoms with Crippen LogP contribution in [0.2, 0.25) is 5.02 Å². The van der Waals surface area contributed by atoms with Gasteiger partial charge in [0.25, 0.3) is 11.8 Å². The van der Waals surface area contributed by atoms with Crippen LogP contribution in [0.4, 0.5) is 5.69 Å². The van der Waals surface area contributed by atoms with Crippen molar-refractivity contribution < 1.29 is 9.59 Å². The van der Waals surface area contributed by atoms with Crippen molar-refractivity contribution in [2.75, 3.05) is 4.90 Å². The van der Waals surface area contributed by atoms with Crippen molar-refractivity contribution >= 4 is 52.3 Å². The Hall–Kier alpha value is -1.03. The minimum Gasteiger partial charge on any atom is -0.267 e. The van der Waals surface area contributed by atoms with E-state index >= 15 is 0 Å². The van der Waals surface area contributed by atoms with Gasteiger partial charge in [-0.3, -0.25) is 9.59 Å². The number of carbonyl (C=O) groups excluding carboxylic acids is 2. The standard InChI is InChI=1S/C11H6Cl3NO2/c1-5-4-6(12)2-3-7(5)15-10(16)8(13)9(14)11(15)17/h2-4H,1H3. The van der Waals surface area contributed by atoms with Gasteiger partial charge >= 0.3 is 0 Å². The molecule has 17 heavy (non-hydrogen) atoms. The quantitative estimate of drug-likeness (QED) is 0.745. The predicted octanol–water partition coefficient (Wildman–Crippen LogP) is 3.21. The minimum atomic E-state index is -0.618. The van der Waals surface area contributed by atoms with Crippen LogP contribution in [0.1, 0.15) is 5.56 Å². The molecule has 3 nitrogen and oxygen atoms in total. The van der Waals surface area contributed by atoms with Crippen molar-refractivity contribution in [1.82, 2.24) is 0 Å². The van der Waals surface area contributed by atoms with Crippen LogP contribution in [0.25, 0.3) is 0 Å². The van der Waals surface area contributed by atoms with Crippen LogP contribution in [0.15, 0.2) is 28.3 Å². The summed E-state index contributed by atoms with van der Waals surface area (Å²) in [6.07, 6.45) is 0. The molecule has 2 rings (SSSR count). The zero-order valence-electron chi connectivity index (χ0n) is 8.63. The molecule has 1 aromatic rings. The Morgan fingerprint density at radius 3 is 2.00 bits per heavy atom. The van der Waals surface area contributed by atoms with Crippen LogP contribution in [0.5, 0.6) is 0 Å². The van der Waals surface area contributed by atoms with Crippen molar-refractivity contribution in [3.8, 4) is 0 Å². The number of benzene rings is 1. The Kier molecular flexibility index (Phi) is 3.17. The zero-order chi connectivity index (χ0) is 12.7. The Labute approximate surface area is 113 Å². The van der Waals surface area contributed by atoms with E-state index in [1.807, 2.05) is 0 Å². The van der Waals surface area contributed by atoms with E-state index in [4.69, 9.17) is 34.8 Å². The first-order valence-corrected chi connectivity index (χ1v) is 5.77. The first-order chi connectivity index (χ1) is 7.93. The van der Waals surface area contributed by atoms with Gasteiger partial charge in [-0.2, -0.15) is 0 Å². The SMILES string of the molecule is Cc1cc(Cl)ccc1N1C(=O)C(Cl)=C(Cl)C1=O. The van der Waals surface area contributed by atoms with E-state index < -0.39 is 11.8 Å². The van der Waals surface area contributed by atoms with Crippen LogP contribution >= 0.6 is 34.8 Å². The third-order valence-electron chi connectivity index (χ3n) is 2.37. The van der Waals surface area contributed by atoms with E-state index in [0.717, 1.165) is 4.90 Å². The van der Waals surface area contributed by atoms with E-state index in [1.165, 1.54) is 0 Å². The molecule has 0 aliphatic carbocycles. The van der Waals surface area contributed by atoms with E-state index in [0.29, 0.717) is 16.3 Å². The number of carbonyl (C=O) groups is 2. The van der Waals surface area contributed by atoms with Crippen molar-refractivity contribution in [3.05, 3.63) is 38.8 Å². The summed E-state index contributed by atoms with van der Waals surface area (Å²) in [5, 5.41) is 0.00697. The molecule has 6 heteroatoms. The summed E-state index contributed by atoms with van der Waals surface area (Å²) in [7, 11) is 0. The van der Waals surface area contributed by atoms with Crippen LogP contribution in [0.3, 0.4) is 0 Å². The molecule has 0 bridgehead atoms. The first kappa shape index (κ1) is 12.4. The Balaban J connectivity index is 2.50. The lowest BCUT2D eigenvalue weighted by Crippen LogP contribution is -2.31. The van der Waals surface area contributed by atoms with E-state index in [1.54, 1.807) is 25.1 Å². The van der Waals surface area contributed by atoms with Crippen molar-refractivity contribution in [3.63, 3.8) is 0 Å². The summed E-state index contributed by atoms with van der Waals surface area (Å²) in [4.78, 5) is 24.5. The van der Waals surface area contributed by atoms with Crippen LogP contribution in [-0.4, -0.2) is 11.8 Å². The fourth-order valence-electron chi connectivity index (χ4n) is 1.56. The molecule has 88 valence electrons. The number of hydrogen-bond donors (Lipinski definition) is 0. The number of aryl methyl sites for hydroxylation is 1. The Morgan fingerprint density at radius 1 is 1.00 bits per heavy atom. The fraction of sp³-hybridized carbons (Fsp3) is 0.0909. The maximum Gasteiger partial charge on any atom is 0.278 e. The number of hydrogen-bond acceptors (Lipinski definition) is 2. The first-order valence-electron chi connectivity index (χ1n) is 4.63. The number of halogens is 3. The molecule has 1 aliphatic heterocycles. The summed E-state index contributed by atoms with van der Waals surface area (Å²) in [6, 6.07) is 4.81. The Morgan fingerprint density at radius 2 is 1.53 bits per heavy atom. The molecule has 2 amide bonds. The van der Waals surface area contributed by atoms with Crippen molar-refractivity contribution in [2.45, 2.75) is 6.92 Å².